The summed E-state index contributed by atoms with van der Waals surface area (Å²) in [7, 11) is 0. The van der Waals surface area contributed by atoms with Crippen molar-refractivity contribution >= 4 is 0 Å². The van der Waals surface area contributed by atoms with Crippen LogP contribution in [0.4, 0.5) is 0 Å². The minimum atomic E-state index is 0.189. The second kappa shape index (κ2) is 18.5. The second-order valence-corrected chi connectivity index (χ2v) is 8.12. The second-order valence-electron chi connectivity index (χ2n) is 8.12. The van der Waals surface area contributed by atoms with Gasteiger partial charge in [0.2, 0.25) is 0 Å². The normalized spacial score (nSPS) is 12.4. The van der Waals surface area contributed by atoms with Crippen LogP contribution in [0.15, 0.2) is 30.3 Å². The highest BCUT2D eigenvalue weighted by Gasteiger charge is 2.06. The maximum Gasteiger partial charge on any atom is 0.0587 e. The topological polar surface area (TPSA) is 32.3 Å². The molecule has 0 aliphatic heterocycles. The van der Waals surface area contributed by atoms with Gasteiger partial charge >= 0.3 is 0 Å². The summed E-state index contributed by atoms with van der Waals surface area (Å²) in [6, 6.07) is 10.6. The molecule has 0 aliphatic rings. The van der Waals surface area contributed by atoms with Gasteiger partial charge in [-0.2, -0.15) is 0 Å². The molecule has 0 fully saturated rings. The van der Waals surface area contributed by atoms with E-state index in [1.54, 1.807) is 0 Å². The van der Waals surface area contributed by atoms with Crippen molar-refractivity contribution in [1.82, 2.24) is 5.32 Å². The molecule has 0 unspecified atom stereocenters. The molecule has 0 saturated heterocycles. The van der Waals surface area contributed by atoms with Crippen molar-refractivity contribution in [2.45, 2.75) is 109 Å². The smallest absolute Gasteiger partial charge is 0.0587 e. The monoisotopic (exact) mass is 375 g/mol. The predicted octanol–water partition coefficient (Wildman–Crippen LogP) is 6.66. The first-order chi connectivity index (χ1) is 13.4. The van der Waals surface area contributed by atoms with E-state index in [4.69, 9.17) is 0 Å². The third-order valence-corrected chi connectivity index (χ3v) is 5.51. The van der Waals surface area contributed by atoms with E-state index >= 15 is 0 Å². The van der Waals surface area contributed by atoms with Gasteiger partial charge < -0.3 is 10.4 Å². The summed E-state index contributed by atoms with van der Waals surface area (Å²) in [4.78, 5) is 0. The van der Waals surface area contributed by atoms with Gasteiger partial charge in [-0.25, -0.2) is 0 Å². The molecule has 1 rings (SSSR count). The number of aliphatic hydroxyl groups is 1. The van der Waals surface area contributed by atoms with Gasteiger partial charge in [0.05, 0.1) is 6.61 Å². The molecule has 27 heavy (non-hydrogen) atoms. The minimum absolute atomic E-state index is 0.189. The Kier molecular flexibility index (Phi) is 16.6. The summed E-state index contributed by atoms with van der Waals surface area (Å²) < 4.78 is 0. The summed E-state index contributed by atoms with van der Waals surface area (Å²) in [6.07, 6.45) is 20.5. The lowest BCUT2D eigenvalue weighted by Crippen LogP contribution is -2.35. The van der Waals surface area contributed by atoms with Crippen molar-refractivity contribution in [1.29, 1.82) is 0 Å². The van der Waals surface area contributed by atoms with Crippen molar-refractivity contribution in [3.63, 3.8) is 0 Å². The fourth-order valence-corrected chi connectivity index (χ4v) is 3.73. The van der Waals surface area contributed by atoms with Gasteiger partial charge in [-0.1, -0.05) is 121 Å². The zero-order chi connectivity index (χ0) is 19.4. The molecule has 1 atom stereocenters. The minimum Gasteiger partial charge on any atom is -0.395 e. The fraction of sp³-hybridized carbons (Fsp3) is 0.760. The van der Waals surface area contributed by atoms with Gasteiger partial charge in [-0.15, -0.1) is 0 Å². The standard InChI is InChI=1S/C25H45NO/c1-2-3-4-5-6-7-8-9-10-11-12-13-14-18-21-26-25(23-27)22-24-19-16-15-17-20-24/h15-17,19-20,25-27H,2-14,18,21-23H2,1H3/t25-/m0/s1. The Bertz CT molecular complexity index is 406. The van der Waals surface area contributed by atoms with E-state index < -0.39 is 0 Å². The van der Waals surface area contributed by atoms with Crippen molar-refractivity contribution in [2.24, 2.45) is 0 Å². The molecule has 1 aromatic rings. The van der Waals surface area contributed by atoms with Crippen LogP contribution < -0.4 is 5.32 Å². The zero-order valence-corrected chi connectivity index (χ0v) is 17.9. The van der Waals surface area contributed by atoms with Crippen LogP contribution in [0.5, 0.6) is 0 Å². The summed E-state index contributed by atoms with van der Waals surface area (Å²) >= 11 is 0. The molecule has 0 radical (unpaired) electrons. The molecule has 2 nitrogen and oxygen atoms in total. The quantitative estimate of drug-likeness (QED) is 0.265. The number of hydrogen-bond donors (Lipinski definition) is 2. The molecule has 2 heteroatoms. The van der Waals surface area contributed by atoms with Gasteiger partial charge in [0.25, 0.3) is 0 Å². The van der Waals surface area contributed by atoms with Crippen LogP contribution in [0.1, 0.15) is 102 Å². The van der Waals surface area contributed by atoms with E-state index in [0.717, 1.165) is 13.0 Å². The van der Waals surface area contributed by atoms with Crippen LogP contribution in [0, 0.1) is 0 Å². The van der Waals surface area contributed by atoms with Crippen LogP contribution in [-0.2, 0) is 6.42 Å². The van der Waals surface area contributed by atoms with Crippen LogP contribution in [0.3, 0.4) is 0 Å². The Hall–Kier alpha value is -0.860. The Morgan fingerprint density at radius 1 is 0.704 bits per heavy atom. The molecule has 156 valence electrons. The average Bonchev–Trinajstić information content (AvgIpc) is 2.70. The molecule has 0 spiro atoms. The molecule has 0 bridgehead atoms. The summed E-state index contributed by atoms with van der Waals surface area (Å²) in [5.74, 6) is 0. The maximum absolute atomic E-state index is 9.54. The molecular formula is C25H45NO. The van der Waals surface area contributed by atoms with Gasteiger partial charge in [0, 0.05) is 6.04 Å². The lowest BCUT2D eigenvalue weighted by atomic mass is 10.0. The fourth-order valence-electron chi connectivity index (χ4n) is 3.73. The van der Waals surface area contributed by atoms with Gasteiger partial charge in [-0.3, -0.25) is 0 Å². The van der Waals surface area contributed by atoms with Gasteiger partial charge in [0.1, 0.15) is 0 Å². The number of rotatable bonds is 19. The Labute approximate surface area is 169 Å². The first-order valence-electron chi connectivity index (χ1n) is 11.7. The molecule has 0 amide bonds. The van der Waals surface area contributed by atoms with Gasteiger partial charge in [0.15, 0.2) is 0 Å². The molecule has 0 heterocycles. The van der Waals surface area contributed by atoms with Gasteiger partial charge in [-0.05, 0) is 24.9 Å². The summed E-state index contributed by atoms with van der Waals surface area (Å²) in [6.45, 7) is 3.53. The van der Waals surface area contributed by atoms with Crippen LogP contribution in [0.25, 0.3) is 0 Å². The lowest BCUT2D eigenvalue weighted by molar-refractivity contribution is 0.241. The lowest BCUT2D eigenvalue weighted by Gasteiger charge is -2.16. The Morgan fingerprint density at radius 3 is 1.67 bits per heavy atom. The summed E-state index contributed by atoms with van der Waals surface area (Å²) in [5.41, 5.74) is 1.30. The number of aliphatic hydroxyl groups excluding tert-OH is 1. The van der Waals surface area contributed by atoms with E-state index in [-0.39, 0.29) is 12.6 Å². The molecule has 0 saturated carbocycles. The zero-order valence-electron chi connectivity index (χ0n) is 17.9. The number of benzene rings is 1. The van der Waals surface area contributed by atoms with Crippen molar-refractivity contribution in [3.05, 3.63) is 35.9 Å². The number of unbranched alkanes of at least 4 members (excludes halogenated alkanes) is 13. The van der Waals surface area contributed by atoms with E-state index in [9.17, 15) is 5.11 Å². The first-order valence-corrected chi connectivity index (χ1v) is 11.7. The van der Waals surface area contributed by atoms with Crippen molar-refractivity contribution in [3.8, 4) is 0 Å². The maximum atomic E-state index is 9.54. The van der Waals surface area contributed by atoms with Crippen LogP contribution in [0.2, 0.25) is 0 Å². The highest BCUT2D eigenvalue weighted by molar-refractivity contribution is 5.15. The molecule has 0 aliphatic carbocycles. The number of nitrogens with one attached hydrogen (secondary N) is 1. The Balaban J connectivity index is 1.83. The number of hydrogen-bond acceptors (Lipinski definition) is 2. The average molecular weight is 376 g/mol. The molecule has 2 N–H and O–H groups in total. The highest BCUT2D eigenvalue weighted by atomic mass is 16.3. The molecule has 1 aromatic carbocycles. The highest BCUT2D eigenvalue weighted by Crippen LogP contribution is 2.13. The van der Waals surface area contributed by atoms with Crippen molar-refractivity contribution < 1.29 is 5.11 Å². The predicted molar refractivity (Wildman–Crippen MR) is 119 cm³/mol. The molecular weight excluding hydrogens is 330 g/mol. The first kappa shape index (κ1) is 24.2. The van der Waals surface area contributed by atoms with E-state index in [1.165, 1.54) is 95.5 Å². The molecule has 0 aromatic heterocycles. The summed E-state index contributed by atoms with van der Waals surface area (Å²) in [5, 5.41) is 13.1. The van der Waals surface area contributed by atoms with Crippen molar-refractivity contribution in [2.75, 3.05) is 13.2 Å². The van der Waals surface area contributed by atoms with E-state index in [0.29, 0.717) is 0 Å². The van der Waals surface area contributed by atoms with E-state index in [2.05, 4.69) is 36.5 Å². The van der Waals surface area contributed by atoms with E-state index in [1.807, 2.05) is 6.07 Å². The third-order valence-electron chi connectivity index (χ3n) is 5.51. The Morgan fingerprint density at radius 2 is 1.19 bits per heavy atom. The van der Waals surface area contributed by atoms with Crippen LogP contribution in [-0.4, -0.2) is 24.3 Å². The largest absolute Gasteiger partial charge is 0.395 e. The van der Waals surface area contributed by atoms with Crippen LogP contribution >= 0.6 is 0 Å². The SMILES string of the molecule is CCCCCCCCCCCCCCCCN[C@H](CO)Cc1ccccc1. The third kappa shape index (κ3) is 14.8.